The van der Waals surface area contributed by atoms with E-state index in [2.05, 4.69) is 75.0 Å². The maximum atomic E-state index is 11.8. The van der Waals surface area contributed by atoms with Crippen LogP contribution in [-0.4, -0.2) is 70.2 Å². The Morgan fingerprint density at radius 1 is 0.943 bits per heavy atom. The Morgan fingerprint density at radius 2 is 1.46 bits per heavy atom. The molecule has 0 radical (unpaired) electrons. The number of carbonyl (C=O) groups excluding carboxylic acids is 1. The third-order valence-corrected chi connectivity index (χ3v) is 10.0. The van der Waals surface area contributed by atoms with Crippen molar-refractivity contribution in [1.29, 1.82) is 0 Å². The number of rotatable bonds is 15. The van der Waals surface area contributed by atoms with Crippen molar-refractivity contribution in [3.8, 4) is 5.75 Å². The minimum Gasteiger partial charge on any atom is -0.410 e. The van der Waals surface area contributed by atoms with Crippen LogP contribution in [0.25, 0.3) is 0 Å². The first-order valence-corrected chi connectivity index (χ1v) is 15.8. The van der Waals surface area contributed by atoms with Crippen LogP contribution in [0.2, 0.25) is 0 Å². The quantitative estimate of drug-likeness (QED) is 0.0918. The van der Waals surface area contributed by atoms with Gasteiger partial charge in [0.2, 0.25) is 0 Å². The number of nitrogens with two attached hydrogens (primary N) is 1. The van der Waals surface area contributed by atoms with Crippen molar-refractivity contribution in [2.45, 2.75) is 79.6 Å². The number of nitrogens with one attached hydrogen (secondary N) is 1. The van der Waals surface area contributed by atoms with Gasteiger partial charge in [-0.25, -0.2) is 14.1 Å². The van der Waals surface area contributed by atoms with E-state index in [4.69, 9.17) is 15.0 Å². The lowest BCUT2D eigenvalue weighted by Gasteiger charge is -2.45. The van der Waals surface area contributed by atoms with Crippen LogP contribution in [0.4, 0.5) is 4.79 Å². The van der Waals surface area contributed by atoms with Crippen molar-refractivity contribution in [3.63, 3.8) is 0 Å². The van der Waals surface area contributed by atoms with Crippen LogP contribution in [0.1, 0.15) is 55.4 Å². The molecule has 0 aliphatic rings. The summed E-state index contributed by atoms with van der Waals surface area (Å²) in [7, 11) is 2.63. The molecule has 1 aromatic carbocycles. The summed E-state index contributed by atoms with van der Waals surface area (Å²) in [5.74, 6) is 2.17. The van der Waals surface area contributed by atoms with Gasteiger partial charge in [-0.05, 0) is 67.5 Å². The Labute approximate surface area is 221 Å². The Balaban J connectivity index is 2.40. The van der Waals surface area contributed by atoms with Gasteiger partial charge in [-0.3, -0.25) is 10.3 Å². The van der Waals surface area contributed by atoms with Crippen LogP contribution in [0.5, 0.6) is 5.75 Å². The SMILES string of the molecule is CC(C)N(C(C)C)P(OCCSSCCN=C(N)NC(=O)Oc1ccccc1)N(C(C)C)C(C)C. The molecule has 35 heavy (non-hydrogen) atoms. The summed E-state index contributed by atoms with van der Waals surface area (Å²) in [4.78, 5) is 16.0. The summed E-state index contributed by atoms with van der Waals surface area (Å²) in [5, 5.41) is 2.43. The van der Waals surface area contributed by atoms with Gasteiger partial charge >= 0.3 is 6.09 Å². The van der Waals surface area contributed by atoms with Gasteiger partial charge in [0.25, 0.3) is 0 Å². The van der Waals surface area contributed by atoms with Crippen LogP contribution in [0.15, 0.2) is 35.3 Å². The summed E-state index contributed by atoms with van der Waals surface area (Å²) in [6.45, 7) is 19.1. The molecule has 3 N–H and O–H groups in total. The number of benzene rings is 1. The first-order valence-electron chi connectivity index (χ1n) is 12.1. The topological polar surface area (TPSA) is 92.4 Å². The zero-order valence-electron chi connectivity index (χ0n) is 22.4. The molecule has 8 nitrogen and oxygen atoms in total. The van der Waals surface area contributed by atoms with Crippen molar-refractivity contribution >= 4 is 42.1 Å². The summed E-state index contributed by atoms with van der Waals surface area (Å²) in [6, 6.07) is 10.4. The lowest BCUT2D eigenvalue weighted by molar-refractivity contribution is 0.192. The van der Waals surface area contributed by atoms with Crippen molar-refractivity contribution < 1.29 is 14.1 Å². The Hall–Kier alpha value is -1.03. The maximum Gasteiger partial charge on any atom is 0.419 e. The number of nitrogens with zero attached hydrogens (tertiary/aromatic N) is 3. The fourth-order valence-electron chi connectivity index (χ4n) is 3.47. The van der Waals surface area contributed by atoms with Gasteiger partial charge in [-0.15, -0.1) is 0 Å². The van der Waals surface area contributed by atoms with Crippen molar-refractivity contribution in [2.24, 2.45) is 10.7 Å². The van der Waals surface area contributed by atoms with Crippen molar-refractivity contribution in [2.75, 3.05) is 24.7 Å². The maximum absolute atomic E-state index is 11.8. The second-order valence-electron chi connectivity index (χ2n) is 8.96. The lowest BCUT2D eigenvalue weighted by Crippen LogP contribution is -2.43. The number of hydrogen-bond donors (Lipinski definition) is 2. The molecule has 0 spiro atoms. The zero-order valence-corrected chi connectivity index (χ0v) is 25.0. The zero-order chi connectivity index (χ0) is 26.4. The number of amides is 1. The first-order chi connectivity index (χ1) is 16.5. The lowest BCUT2D eigenvalue weighted by atomic mass is 10.3. The van der Waals surface area contributed by atoms with E-state index in [9.17, 15) is 4.79 Å². The minimum absolute atomic E-state index is 0.0513. The van der Waals surface area contributed by atoms with Crippen molar-refractivity contribution in [1.82, 2.24) is 14.7 Å². The molecular formula is C24H44N5O3PS2. The second-order valence-corrected chi connectivity index (χ2v) is 13.3. The Bertz CT molecular complexity index is 718. The standard InChI is InChI=1S/C24H44N5O3PS2/c1-18(2)28(19(3)4)33(29(20(5)6)21(7)8)31-15-17-35-34-16-14-26-23(25)27-24(30)32-22-12-10-9-11-13-22/h9-13,18-21H,14-17H2,1-8H3,(H3,25,26,27,30). The van der Waals surface area contributed by atoms with Crippen LogP contribution < -0.4 is 15.8 Å². The number of carbonyl (C=O) groups is 1. The molecule has 0 aliphatic carbocycles. The number of para-hydroxylation sites is 1. The average molecular weight is 546 g/mol. The van der Waals surface area contributed by atoms with Crippen LogP contribution in [0.3, 0.4) is 0 Å². The molecule has 1 amide bonds. The number of guanidine groups is 1. The molecule has 11 heteroatoms. The molecule has 0 unspecified atom stereocenters. The number of hydrogen-bond acceptors (Lipinski definition) is 8. The highest BCUT2D eigenvalue weighted by atomic mass is 33.1. The minimum atomic E-state index is -0.855. The van der Waals surface area contributed by atoms with E-state index in [0.717, 1.165) is 11.5 Å². The van der Waals surface area contributed by atoms with E-state index in [1.807, 2.05) is 6.07 Å². The van der Waals surface area contributed by atoms with E-state index >= 15 is 0 Å². The van der Waals surface area contributed by atoms with E-state index in [1.165, 1.54) is 0 Å². The van der Waals surface area contributed by atoms with Gasteiger partial charge in [-0.2, -0.15) is 0 Å². The molecule has 200 valence electrons. The predicted octanol–water partition coefficient (Wildman–Crippen LogP) is 5.95. The van der Waals surface area contributed by atoms with Crippen LogP contribution >= 0.6 is 30.0 Å². The van der Waals surface area contributed by atoms with E-state index in [-0.39, 0.29) is 5.96 Å². The monoisotopic (exact) mass is 545 g/mol. The van der Waals surface area contributed by atoms with Crippen molar-refractivity contribution in [3.05, 3.63) is 30.3 Å². The molecule has 0 atom stereocenters. The highest BCUT2D eigenvalue weighted by Crippen LogP contribution is 2.50. The molecule has 0 fully saturated rings. The molecule has 0 saturated heterocycles. The molecule has 1 rings (SSSR count). The third kappa shape index (κ3) is 12.7. The van der Waals surface area contributed by atoms with E-state index in [1.54, 1.807) is 45.9 Å². The van der Waals surface area contributed by atoms with E-state index < -0.39 is 14.5 Å². The summed E-state index contributed by atoms with van der Waals surface area (Å²) < 4.78 is 16.7. The summed E-state index contributed by atoms with van der Waals surface area (Å²) in [6.07, 6.45) is -0.651. The predicted molar refractivity (Wildman–Crippen MR) is 154 cm³/mol. The van der Waals surface area contributed by atoms with Gasteiger partial charge in [-0.1, -0.05) is 39.8 Å². The van der Waals surface area contributed by atoms with E-state index in [0.29, 0.717) is 43.1 Å². The molecule has 0 aliphatic heterocycles. The molecular weight excluding hydrogens is 501 g/mol. The summed E-state index contributed by atoms with van der Waals surface area (Å²) in [5.41, 5.74) is 5.77. The Kier molecular flexibility index (Phi) is 15.9. The average Bonchev–Trinajstić information content (AvgIpc) is 2.74. The number of aliphatic imine (C=N–C) groups is 1. The van der Waals surface area contributed by atoms with Gasteiger partial charge < -0.3 is 15.0 Å². The first kappa shape index (κ1) is 32.0. The molecule has 0 bridgehead atoms. The highest BCUT2D eigenvalue weighted by Gasteiger charge is 2.34. The highest BCUT2D eigenvalue weighted by molar-refractivity contribution is 8.76. The van der Waals surface area contributed by atoms with Gasteiger partial charge in [0.15, 0.2) is 14.4 Å². The smallest absolute Gasteiger partial charge is 0.410 e. The normalized spacial score (nSPS) is 12.7. The fourth-order valence-corrected chi connectivity index (χ4v) is 7.63. The molecule has 0 heterocycles. The van der Waals surface area contributed by atoms with Gasteiger partial charge in [0.1, 0.15) is 5.75 Å². The molecule has 0 aromatic heterocycles. The molecule has 1 aromatic rings. The largest absolute Gasteiger partial charge is 0.419 e. The van der Waals surface area contributed by atoms with Gasteiger partial charge in [0, 0.05) is 35.7 Å². The summed E-state index contributed by atoms with van der Waals surface area (Å²) >= 11 is 0. The van der Waals surface area contributed by atoms with Gasteiger partial charge in [0.05, 0.1) is 13.2 Å². The van der Waals surface area contributed by atoms with Crippen LogP contribution in [-0.2, 0) is 4.52 Å². The molecule has 0 saturated carbocycles. The second kappa shape index (κ2) is 17.4. The fraction of sp³-hybridized carbons (Fsp3) is 0.667. The van der Waals surface area contributed by atoms with Crippen LogP contribution in [0, 0.1) is 0 Å². The Morgan fingerprint density at radius 3 is 1.97 bits per heavy atom. The number of ether oxygens (including phenoxy) is 1. The third-order valence-electron chi connectivity index (χ3n) is 4.61.